The summed E-state index contributed by atoms with van der Waals surface area (Å²) in [6.45, 7) is 0.215. The molecule has 0 heterocycles. The van der Waals surface area contributed by atoms with Crippen molar-refractivity contribution in [1.82, 2.24) is 0 Å². The zero-order valence-electron chi connectivity index (χ0n) is 19.9. The monoisotopic (exact) mass is 470 g/mol. The van der Waals surface area contributed by atoms with Gasteiger partial charge in [-0.15, -0.1) is 0 Å². The highest BCUT2D eigenvalue weighted by molar-refractivity contribution is 5.97. The van der Waals surface area contributed by atoms with Gasteiger partial charge in [-0.25, -0.2) is 0 Å². The summed E-state index contributed by atoms with van der Waals surface area (Å²) in [6.07, 6.45) is 4.60. The van der Waals surface area contributed by atoms with E-state index in [0.717, 1.165) is 40.9 Å². The summed E-state index contributed by atoms with van der Waals surface area (Å²) >= 11 is 0. The van der Waals surface area contributed by atoms with E-state index in [2.05, 4.69) is 6.08 Å². The van der Waals surface area contributed by atoms with Gasteiger partial charge in [0.2, 0.25) is 0 Å². The number of ether oxygens (including phenoxy) is 3. The largest absolute Gasteiger partial charge is 0.497 e. The molecule has 5 heteroatoms. The van der Waals surface area contributed by atoms with Crippen molar-refractivity contribution in [2.75, 3.05) is 7.11 Å². The van der Waals surface area contributed by atoms with Crippen molar-refractivity contribution in [3.8, 4) is 5.75 Å². The van der Waals surface area contributed by atoms with E-state index in [1.165, 1.54) is 0 Å². The maximum Gasteiger partial charge on any atom is 0.321 e. The topological polar surface area (TPSA) is 61.8 Å². The second kappa shape index (κ2) is 12.0. The molecular weight excluding hydrogens is 440 g/mol. The molecule has 0 aromatic heterocycles. The van der Waals surface area contributed by atoms with Crippen LogP contribution in [0.2, 0.25) is 0 Å². The van der Waals surface area contributed by atoms with E-state index >= 15 is 0 Å². The lowest BCUT2D eigenvalue weighted by Crippen LogP contribution is -2.35. The third kappa shape index (κ3) is 6.38. The Hall–Kier alpha value is -3.86. The Morgan fingerprint density at radius 1 is 0.800 bits per heavy atom. The first-order chi connectivity index (χ1) is 17.2. The fraction of sp³-hybridized carbons (Fsp3) is 0.267. The Morgan fingerprint density at radius 2 is 1.34 bits per heavy atom. The minimum Gasteiger partial charge on any atom is -0.497 e. The number of rotatable bonds is 9. The van der Waals surface area contributed by atoms with E-state index in [-0.39, 0.29) is 19.1 Å². The van der Waals surface area contributed by atoms with Crippen LogP contribution >= 0.6 is 0 Å². The van der Waals surface area contributed by atoms with Gasteiger partial charge in [0.05, 0.1) is 7.11 Å². The summed E-state index contributed by atoms with van der Waals surface area (Å²) in [5.74, 6) is -1.74. The molecular formula is C30H30O5. The molecule has 3 aromatic rings. The molecule has 1 aliphatic rings. The second-order valence-electron chi connectivity index (χ2n) is 8.59. The molecule has 0 saturated heterocycles. The van der Waals surface area contributed by atoms with E-state index in [4.69, 9.17) is 14.2 Å². The van der Waals surface area contributed by atoms with Crippen LogP contribution in [0.4, 0.5) is 0 Å². The van der Waals surface area contributed by atoms with Gasteiger partial charge in [0, 0.05) is 5.92 Å². The highest BCUT2D eigenvalue weighted by Gasteiger charge is 2.40. The smallest absolute Gasteiger partial charge is 0.321 e. The molecule has 3 aromatic carbocycles. The summed E-state index contributed by atoms with van der Waals surface area (Å²) in [6, 6.07) is 26.6. The van der Waals surface area contributed by atoms with Crippen molar-refractivity contribution in [2.45, 2.75) is 32.5 Å². The maximum atomic E-state index is 13.4. The number of carbonyl (C=O) groups excluding carboxylic acids is 2. The molecule has 1 atom stereocenters. The Kier molecular flexibility index (Phi) is 8.34. The van der Waals surface area contributed by atoms with Crippen LogP contribution in [0.5, 0.6) is 5.75 Å². The van der Waals surface area contributed by atoms with Gasteiger partial charge in [0.25, 0.3) is 0 Å². The fourth-order valence-electron chi connectivity index (χ4n) is 4.43. The molecule has 0 spiro atoms. The fourth-order valence-corrected chi connectivity index (χ4v) is 4.43. The molecule has 0 fully saturated rings. The van der Waals surface area contributed by atoms with E-state index < -0.39 is 17.9 Å². The summed E-state index contributed by atoms with van der Waals surface area (Å²) in [5.41, 5.74) is 3.67. The molecule has 1 aliphatic carbocycles. The van der Waals surface area contributed by atoms with Gasteiger partial charge in [-0.1, -0.05) is 78.9 Å². The second-order valence-corrected chi connectivity index (χ2v) is 8.59. The molecule has 0 amide bonds. The van der Waals surface area contributed by atoms with Crippen LogP contribution < -0.4 is 4.74 Å². The number of benzene rings is 3. The third-order valence-corrected chi connectivity index (χ3v) is 6.26. The lowest BCUT2D eigenvalue weighted by molar-refractivity contribution is -0.165. The van der Waals surface area contributed by atoms with E-state index in [0.29, 0.717) is 6.42 Å². The minimum absolute atomic E-state index is 0.108. The highest BCUT2D eigenvalue weighted by Crippen LogP contribution is 2.39. The summed E-state index contributed by atoms with van der Waals surface area (Å²) in [7, 11) is 1.62. The van der Waals surface area contributed by atoms with Crippen LogP contribution in [0.25, 0.3) is 5.57 Å². The van der Waals surface area contributed by atoms with Gasteiger partial charge >= 0.3 is 11.9 Å². The van der Waals surface area contributed by atoms with Gasteiger partial charge in [0.1, 0.15) is 19.0 Å². The van der Waals surface area contributed by atoms with Crippen molar-refractivity contribution >= 4 is 17.5 Å². The lowest BCUT2D eigenvalue weighted by atomic mass is 9.76. The Bertz CT molecular complexity index is 1080. The van der Waals surface area contributed by atoms with Crippen molar-refractivity contribution in [3.05, 3.63) is 108 Å². The Morgan fingerprint density at radius 3 is 1.86 bits per heavy atom. The maximum absolute atomic E-state index is 13.4. The van der Waals surface area contributed by atoms with Crippen LogP contribution in [-0.4, -0.2) is 19.0 Å². The number of methoxy groups -OCH3 is 1. The SMILES string of the molecule is COc1ccc(C2=CCCCC2C(C(=O)OCc2ccccc2)C(=O)OCc2ccccc2)cc1. The van der Waals surface area contributed by atoms with Crippen molar-refractivity contribution in [3.63, 3.8) is 0 Å². The molecule has 1 unspecified atom stereocenters. The van der Waals surface area contributed by atoms with Crippen molar-refractivity contribution in [2.24, 2.45) is 11.8 Å². The summed E-state index contributed by atoms with van der Waals surface area (Å²) in [4.78, 5) is 26.8. The molecule has 180 valence electrons. The molecule has 5 nitrogen and oxygen atoms in total. The zero-order chi connectivity index (χ0) is 24.5. The Balaban J connectivity index is 1.58. The molecule has 0 radical (unpaired) electrons. The lowest BCUT2D eigenvalue weighted by Gasteiger charge is -2.30. The van der Waals surface area contributed by atoms with E-state index in [9.17, 15) is 9.59 Å². The summed E-state index contributed by atoms with van der Waals surface area (Å²) in [5, 5.41) is 0. The number of carbonyl (C=O) groups is 2. The number of hydrogen-bond donors (Lipinski definition) is 0. The van der Waals surface area contributed by atoms with Gasteiger partial charge in [-0.2, -0.15) is 0 Å². The highest BCUT2D eigenvalue weighted by atomic mass is 16.6. The molecule has 0 N–H and O–H groups in total. The van der Waals surface area contributed by atoms with Crippen LogP contribution in [0.15, 0.2) is 91.0 Å². The quantitative estimate of drug-likeness (QED) is 0.284. The average Bonchev–Trinajstić information content (AvgIpc) is 2.92. The number of allylic oxidation sites excluding steroid dienone is 2. The van der Waals surface area contributed by atoms with Crippen LogP contribution in [0.3, 0.4) is 0 Å². The average molecular weight is 471 g/mol. The first-order valence-electron chi connectivity index (χ1n) is 11.9. The Labute approximate surface area is 206 Å². The van der Waals surface area contributed by atoms with Gasteiger partial charge in [-0.05, 0) is 53.7 Å². The van der Waals surface area contributed by atoms with Crippen LogP contribution in [0, 0.1) is 11.8 Å². The van der Waals surface area contributed by atoms with E-state index in [1.54, 1.807) is 7.11 Å². The standard InChI is InChI=1S/C30H30O5/c1-33-25-18-16-24(17-19-25)26-14-8-9-15-27(26)28(29(31)34-20-22-10-4-2-5-11-22)30(32)35-21-23-12-6-3-7-13-23/h2-7,10-14,16-19,27-28H,8-9,15,20-21H2,1H3. The van der Waals surface area contributed by atoms with Crippen molar-refractivity contribution < 1.29 is 23.8 Å². The van der Waals surface area contributed by atoms with Crippen LogP contribution in [-0.2, 0) is 32.3 Å². The van der Waals surface area contributed by atoms with Gasteiger partial charge in [0.15, 0.2) is 5.92 Å². The molecule has 0 bridgehead atoms. The normalized spacial score (nSPS) is 15.3. The van der Waals surface area contributed by atoms with Gasteiger partial charge in [-0.3, -0.25) is 9.59 Å². The molecule has 4 rings (SSSR count). The number of esters is 2. The summed E-state index contributed by atoms with van der Waals surface area (Å²) < 4.78 is 16.6. The predicted molar refractivity (Wildman–Crippen MR) is 134 cm³/mol. The third-order valence-electron chi connectivity index (χ3n) is 6.26. The first kappa shape index (κ1) is 24.3. The van der Waals surface area contributed by atoms with Crippen LogP contribution in [0.1, 0.15) is 36.0 Å². The number of hydrogen-bond acceptors (Lipinski definition) is 5. The first-order valence-corrected chi connectivity index (χ1v) is 11.9. The minimum atomic E-state index is -1.05. The predicted octanol–water partition coefficient (Wildman–Crippen LogP) is 5.98. The van der Waals surface area contributed by atoms with Crippen molar-refractivity contribution in [1.29, 1.82) is 0 Å². The molecule has 0 aliphatic heterocycles. The molecule has 35 heavy (non-hydrogen) atoms. The molecule has 0 saturated carbocycles. The zero-order valence-corrected chi connectivity index (χ0v) is 19.9. The van der Waals surface area contributed by atoms with Gasteiger partial charge < -0.3 is 14.2 Å². The van der Waals surface area contributed by atoms with E-state index in [1.807, 2.05) is 84.9 Å².